The molecule has 0 spiro atoms. The fraction of sp³-hybridized carbons (Fsp3) is 0.400. The molecule has 0 amide bonds. The van der Waals surface area contributed by atoms with Crippen LogP contribution in [0.25, 0.3) is 0 Å². The van der Waals surface area contributed by atoms with E-state index in [9.17, 15) is 13.2 Å². The van der Waals surface area contributed by atoms with Gasteiger partial charge in [0.2, 0.25) is 0 Å². The Morgan fingerprint density at radius 1 is 1.21 bits per heavy atom. The third-order valence-corrected chi connectivity index (χ3v) is 1.87. The maximum absolute atomic E-state index is 12.1. The van der Waals surface area contributed by atoms with Crippen molar-refractivity contribution in [3.63, 3.8) is 0 Å². The highest BCUT2D eigenvalue weighted by molar-refractivity contribution is 5.17. The van der Waals surface area contributed by atoms with Gasteiger partial charge in [0.25, 0.3) is 0 Å². The Labute approximate surface area is 80.5 Å². The van der Waals surface area contributed by atoms with Crippen LogP contribution in [0.4, 0.5) is 13.2 Å². The topological polar surface area (TPSA) is 9.23 Å². The van der Waals surface area contributed by atoms with Gasteiger partial charge >= 0.3 is 6.18 Å². The predicted molar refractivity (Wildman–Crippen MR) is 46.9 cm³/mol. The zero-order chi connectivity index (χ0) is 10.6. The first-order chi connectivity index (χ1) is 6.53. The van der Waals surface area contributed by atoms with Crippen LogP contribution >= 0.6 is 0 Å². The van der Waals surface area contributed by atoms with Crippen molar-refractivity contribution >= 4 is 0 Å². The lowest BCUT2D eigenvalue weighted by molar-refractivity contribution is -0.158. The first kappa shape index (κ1) is 11.0. The summed E-state index contributed by atoms with van der Waals surface area (Å²) in [4.78, 5) is 0. The molecule has 14 heavy (non-hydrogen) atoms. The molecule has 1 rings (SSSR count). The van der Waals surface area contributed by atoms with Gasteiger partial charge in [-0.1, -0.05) is 30.3 Å². The zero-order valence-electron chi connectivity index (χ0n) is 7.71. The van der Waals surface area contributed by atoms with Crippen LogP contribution in [0.3, 0.4) is 0 Å². The molecule has 0 N–H and O–H groups in total. The number of rotatable bonds is 3. The molecule has 1 nitrogen and oxygen atoms in total. The van der Waals surface area contributed by atoms with Crippen molar-refractivity contribution in [2.24, 2.45) is 0 Å². The summed E-state index contributed by atoms with van der Waals surface area (Å²) in [7, 11) is 1.28. The Kier molecular flexibility index (Phi) is 3.52. The van der Waals surface area contributed by atoms with Crippen molar-refractivity contribution in [3.05, 3.63) is 35.9 Å². The van der Waals surface area contributed by atoms with Gasteiger partial charge in [-0.2, -0.15) is 13.2 Å². The molecule has 1 aromatic carbocycles. The van der Waals surface area contributed by atoms with Gasteiger partial charge in [-0.15, -0.1) is 0 Å². The van der Waals surface area contributed by atoms with E-state index < -0.39 is 18.7 Å². The molecular weight excluding hydrogens is 193 g/mol. The van der Waals surface area contributed by atoms with Crippen LogP contribution in [-0.4, -0.2) is 13.3 Å². The molecule has 1 atom stereocenters. The Morgan fingerprint density at radius 3 is 2.21 bits per heavy atom. The second kappa shape index (κ2) is 4.46. The van der Waals surface area contributed by atoms with Gasteiger partial charge < -0.3 is 4.74 Å². The summed E-state index contributed by atoms with van der Waals surface area (Å²) in [6, 6.07) is 8.39. The fourth-order valence-electron chi connectivity index (χ4n) is 1.22. The molecule has 0 aliphatic carbocycles. The van der Waals surface area contributed by atoms with Crippen molar-refractivity contribution in [2.75, 3.05) is 7.11 Å². The summed E-state index contributed by atoms with van der Waals surface area (Å²) in [6.45, 7) is 0. The van der Waals surface area contributed by atoms with Crippen molar-refractivity contribution in [1.82, 2.24) is 0 Å². The van der Waals surface area contributed by atoms with E-state index in [-0.39, 0.29) is 0 Å². The minimum Gasteiger partial charge on any atom is -0.376 e. The van der Waals surface area contributed by atoms with E-state index in [4.69, 9.17) is 4.74 Å². The number of hydrogen-bond donors (Lipinski definition) is 0. The third-order valence-electron chi connectivity index (χ3n) is 1.87. The Hall–Kier alpha value is -1.03. The molecule has 78 valence electrons. The molecule has 0 unspecified atom stereocenters. The van der Waals surface area contributed by atoms with E-state index in [1.54, 1.807) is 30.3 Å². The maximum atomic E-state index is 12.1. The van der Waals surface area contributed by atoms with Crippen LogP contribution in [0.2, 0.25) is 0 Å². The summed E-state index contributed by atoms with van der Waals surface area (Å²) in [5.41, 5.74) is 0.548. The molecular formula is C10H11F3O. The molecule has 1 aromatic rings. The summed E-state index contributed by atoms with van der Waals surface area (Å²) < 4.78 is 41.1. The molecule has 0 saturated carbocycles. The summed E-state index contributed by atoms with van der Waals surface area (Å²) in [5.74, 6) is 0. The van der Waals surface area contributed by atoms with E-state index in [0.29, 0.717) is 5.56 Å². The van der Waals surface area contributed by atoms with Gasteiger partial charge in [-0.05, 0) is 5.56 Å². The first-order valence-corrected chi connectivity index (χ1v) is 4.17. The summed E-state index contributed by atoms with van der Waals surface area (Å²) in [6.07, 6.45) is -6.06. The molecule has 0 radical (unpaired) electrons. The van der Waals surface area contributed by atoms with Gasteiger partial charge in [0.05, 0.1) is 12.5 Å². The zero-order valence-corrected chi connectivity index (χ0v) is 7.71. The Balaban J connectivity index is 2.73. The highest BCUT2D eigenvalue weighted by Crippen LogP contribution is 2.31. The van der Waals surface area contributed by atoms with E-state index in [1.807, 2.05) is 0 Å². The average Bonchev–Trinajstić information content (AvgIpc) is 2.14. The summed E-state index contributed by atoms with van der Waals surface area (Å²) in [5, 5.41) is 0. The largest absolute Gasteiger partial charge is 0.391 e. The van der Waals surface area contributed by atoms with Crippen molar-refractivity contribution in [2.45, 2.75) is 18.7 Å². The number of hydrogen-bond acceptors (Lipinski definition) is 1. The van der Waals surface area contributed by atoms with Gasteiger partial charge in [0.15, 0.2) is 0 Å². The lowest BCUT2D eigenvalue weighted by Gasteiger charge is -2.17. The summed E-state index contributed by atoms with van der Waals surface area (Å²) >= 11 is 0. The lowest BCUT2D eigenvalue weighted by atomic mass is 10.1. The Morgan fingerprint density at radius 2 is 1.79 bits per heavy atom. The van der Waals surface area contributed by atoms with Crippen LogP contribution < -0.4 is 0 Å². The van der Waals surface area contributed by atoms with Crippen LogP contribution in [0.15, 0.2) is 30.3 Å². The normalized spacial score (nSPS) is 14.0. The highest BCUT2D eigenvalue weighted by Gasteiger charge is 2.32. The van der Waals surface area contributed by atoms with Gasteiger partial charge in [-0.3, -0.25) is 0 Å². The van der Waals surface area contributed by atoms with E-state index in [1.165, 1.54) is 7.11 Å². The SMILES string of the molecule is CO[C@@H](CC(F)(F)F)c1ccccc1. The molecule has 0 aliphatic heterocycles. The van der Waals surface area contributed by atoms with Crippen LogP contribution in [0.5, 0.6) is 0 Å². The monoisotopic (exact) mass is 204 g/mol. The van der Waals surface area contributed by atoms with Crippen molar-refractivity contribution in [3.8, 4) is 0 Å². The average molecular weight is 204 g/mol. The van der Waals surface area contributed by atoms with E-state index in [2.05, 4.69) is 0 Å². The Bertz CT molecular complexity index is 268. The highest BCUT2D eigenvalue weighted by atomic mass is 19.4. The number of alkyl halides is 3. The number of ether oxygens (including phenoxy) is 1. The van der Waals surface area contributed by atoms with Gasteiger partial charge in [0.1, 0.15) is 0 Å². The van der Waals surface area contributed by atoms with E-state index in [0.717, 1.165) is 0 Å². The first-order valence-electron chi connectivity index (χ1n) is 4.17. The molecule has 0 bridgehead atoms. The minimum absolute atomic E-state index is 0.548. The molecule has 0 heterocycles. The van der Waals surface area contributed by atoms with Crippen LogP contribution in [0, 0.1) is 0 Å². The quantitative estimate of drug-likeness (QED) is 0.733. The second-order valence-corrected chi connectivity index (χ2v) is 2.95. The molecule has 4 heteroatoms. The third kappa shape index (κ3) is 3.38. The second-order valence-electron chi connectivity index (χ2n) is 2.95. The van der Waals surface area contributed by atoms with Crippen molar-refractivity contribution < 1.29 is 17.9 Å². The number of benzene rings is 1. The standard InChI is InChI=1S/C10H11F3O/c1-14-9(7-10(11,12)13)8-5-3-2-4-6-8/h2-6,9H,7H2,1H3/t9-/m0/s1. The molecule has 0 aliphatic rings. The van der Waals surface area contributed by atoms with Crippen LogP contribution in [0.1, 0.15) is 18.1 Å². The van der Waals surface area contributed by atoms with Crippen LogP contribution in [-0.2, 0) is 4.74 Å². The molecule has 0 aromatic heterocycles. The number of methoxy groups -OCH3 is 1. The smallest absolute Gasteiger partial charge is 0.376 e. The number of halogens is 3. The van der Waals surface area contributed by atoms with Gasteiger partial charge in [-0.25, -0.2) is 0 Å². The lowest BCUT2D eigenvalue weighted by Crippen LogP contribution is -2.15. The maximum Gasteiger partial charge on any atom is 0.391 e. The fourth-order valence-corrected chi connectivity index (χ4v) is 1.22. The minimum atomic E-state index is -4.20. The molecule has 0 saturated heterocycles. The van der Waals surface area contributed by atoms with E-state index >= 15 is 0 Å². The van der Waals surface area contributed by atoms with Gasteiger partial charge in [0, 0.05) is 7.11 Å². The van der Waals surface area contributed by atoms with Crippen molar-refractivity contribution in [1.29, 1.82) is 0 Å². The predicted octanol–water partition coefficient (Wildman–Crippen LogP) is 3.33. The molecule has 0 fully saturated rings.